The lowest BCUT2D eigenvalue weighted by Crippen LogP contribution is -2.22. The number of nitrogens with one attached hydrogen (secondary N) is 2. The van der Waals surface area contributed by atoms with Crippen LogP contribution in [-0.4, -0.2) is 39.1 Å². The molecule has 4 rings (SSSR count). The third-order valence-electron chi connectivity index (χ3n) is 6.11. The first-order chi connectivity index (χ1) is 16.2. The number of hydrogen-bond donors (Lipinski definition) is 2. The number of aryl methyl sites for hydroxylation is 2. The van der Waals surface area contributed by atoms with Gasteiger partial charge >= 0.3 is 0 Å². The van der Waals surface area contributed by atoms with Crippen LogP contribution in [0.1, 0.15) is 25.1 Å². The maximum absolute atomic E-state index is 13.2. The van der Waals surface area contributed by atoms with Crippen LogP contribution < -0.4 is 10.9 Å². The predicted octanol–water partition coefficient (Wildman–Crippen LogP) is 6.78. The SMILES string of the molecule is CCN(CC)C/C=C/c1[nH]c(=O)c2c(ccc3nc(Nc4c(Cl)cc(Cl)cc4Cl)n(C)c32)c1C. The van der Waals surface area contributed by atoms with E-state index in [4.69, 9.17) is 34.8 Å². The first-order valence-electron chi connectivity index (χ1n) is 11.1. The fourth-order valence-corrected chi connectivity index (χ4v) is 5.04. The molecule has 0 unspecified atom stereocenters. The highest BCUT2D eigenvalue weighted by Crippen LogP contribution is 2.36. The molecule has 0 aliphatic heterocycles. The summed E-state index contributed by atoms with van der Waals surface area (Å²) < 4.78 is 1.84. The predicted molar refractivity (Wildman–Crippen MR) is 145 cm³/mol. The van der Waals surface area contributed by atoms with Crippen molar-refractivity contribution in [2.45, 2.75) is 20.8 Å². The molecule has 2 aromatic heterocycles. The van der Waals surface area contributed by atoms with Gasteiger partial charge in [-0.2, -0.15) is 0 Å². The number of pyridine rings is 1. The highest BCUT2D eigenvalue weighted by molar-refractivity contribution is 6.41. The molecule has 9 heteroatoms. The van der Waals surface area contributed by atoms with Crippen LogP contribution >= 0.6 is 34.8 Å². The van der Waals surface area contributed by atoms with Crippen molar-refractivity contribution < 1.29 is 0 Å². The minimum absolute atomic E-state index is 0.161. The average Bonchev–Trinajstić information content (AvgIpc) is 3.12. The smallest absolute Gasteiger partial charge is 0.258 e. The van der Waals surface area contributed by atoms with E-state index in [-0.39, 0.29) is 5.56 Å². The van der Waals surface area contributed by atoms with Crippen LogP contribution in [0.25, 0.3) is 27.9 Å². The van der Waals surface area contributed by atoms with Gasteiger partial charge < -0.3 is 19.8 Å². The molecular weight excluding hydrogens is 493 g/mol. The number of hydrogen-bond acceptors (Lipinski definition) is 4. The van der Waals surface area contributed by atoms with Crippen LogP contribution in [-0.2, 0) is 7.05 Å². The largest absolute Gasteiger partial charge is 0.323 e. The van der Waals surface area contributed by atoms with Crippen LogP contribution in [0.3, 0.4) is 0 Å². The Kier molecular flexibility index (Phi) is 7.24. The number of H-pyrrole nitrogens is 1. The first-order valence-corrected chi connectivity index (χ1v) is 12.2. The number of halogens is 3. The molecule has 0 amide bonds. The molecule has 2 heterocycles. The molecule has 2 aromatic carbocycles. The average molecular weight is 519 g/mol. The fourth-order valence-electron chi connectivity index (χ4n) is 4.12. The van der Waals surface area contributed by atoms with Gasteiger partial charge in [0.2, 0.25) is 5.95 Å². The minimum atomic E-state index is -0.161. The van der Waals surface area contributed by atoms with Gasteiger partial charge in [0.15, 0.2) is 0 Å². The van der Waals surface area contributed by atoms with E-state index < -0.39 is 0 Å². The quantitative estimate of drug-likeness (QED) is 0.283. The number of benzene rings is 2. The number of anilines is 2. The van der Waals surface area contributed by atoms with Crippen molar-refractivity contribution in [3.63, 3.8) is 0 Å². The van der Waals surface area contributed by atoms with Gasteiger partial charge in [0, 0.05) is 24.3 Å². The van der Waals surface area contributed by atoms with Crippen LogP contribution in [0.5, 0.6) is 0 Å². The van der Waals surface area contributed by atoms with Crippen LogP contribution in [0, 0.1) is 6.92 Å². The molecule has 0 aliphatic carbocycles. The van der Waals surface area contributed by atoms with Gasteiger partial charge in [-0.25, -0.2) is 4.98 Å². The van der Waals surface area contributed by atoms with E-state index in [1.165, 1.54) is 0 Å². The van der Waals surface area contributed by atoms with Gasteiger partial charge in [-0.1, -0.05) is 60.8 Å². The molecule has 178 valence electrons. The van der Waals surface area contributed by atoms with Gasteiger partial charge in [0.05, 0.1) is 32.2 Å². The van der Waals surface area contributed by atoms with Crippen molar-refractivity contribution >= 4 is 74.3 Å². The maximum atomic E-state index is 13.2. The van der Waals surface area contributed by atoms with E-state index in [9.17, 15) is 4.79 Å². The molecule has 0 saturated carbocycles. The van der Waals surface area contributed by atoms with E-state index >= 15 is 0 Å². The molecule has 6 nitrogen and oxygen atoms in total. The molecule has 0 aliphatic rings. The van der Waals surface area contributed by atoms with Crippen molar-refractivity contribution in [3.8, 4) is 0 Å². The Morgan fingerprint density at radius 2 is 1.82 bits per heavy atom. The summed E-state index contributed by atoms with van der Waals surface area (Å²) in [5.74, 6) is 0.508. The number of aromatic amines is 1. The maximum Gasteiger partial charge on any atom is 0.258 e. The van der Waals surface area contributed by atoms with E-state index in [1.807, 2.05) is 36.7 Å². The van der Waals surface area contributed by atoms with Gasteiger partial charge in [-0.05, 0) is 55.2 Å². The number of nitrogens with zero attached hydrogens (tertiary/aromatic N) is 3. The molecule has 0 radical (unpaired) electrons. The van der Waals surface area contributed by atoms with Crippen LogP contribution in [0.2, 0.25) is 15.1 Å². The van der Waals surface area contributed by atoms with Crippen molar-refractivity contribution in [3.05, 3.63) is 67.0 Å². The zero-order valence-electron chi connectivity index (χ0n) is 19.5. The standard InChI is InChI=1S/C25H26Cl3N5O/c1-5-33(6-2)11-7-8-19-14(3)16-9-10-20-23(21(16)24(34)29-19)32(4)25(30-20)31-22-17(27)12-15(26)13-18(22)28/h7-10,12-13H,5-6,11H2,1-4H3,(H,29,34)(H,30,31)/b8-7+. The summed E-state index contributed by atoms with van der Waals surface area (Å²) in [6.45, 7) is 9.09. The molecule has 0 fully saturated rings. The molecule has 34 heavy (non-hydrogen) atoms. The second-order valence-corrected chi connectivity index (χ2v) is 9.35. The Bertz CT molecular complexity index is 1440. The van der Waals surface area contributed by atoms with Gasteiger partial charge in [-0.3, -0.25) is 4.79 Å². The summed E-state index contributed by atoms with van der Waals surface area (Å²) in [7, 11) is 1.85. The molecule has 0 saturated heterocycles. The normalized spacial score (nSPS) is 12.0. The Morgan fingerprint density at radius 3 is 2.47 bits per heavy atom. The molecule has 0 spiro atoms. The van der Waals surface area contributed by atoms with Gasteiger partial charge in [-0.15, -0.1) is 0 Å². The number of aromatic nitrogens is 3. The molecule has 0 bridgehead atoms. The van der Waals surface area contributed by atoms with Gasteiger partial charge in [0.25, 0.3) is 5.56 Å². The number of imidazole rings is 1. The minimum Gasteiger partial charge on any atom is -0.323 e. The summed E-state index contributed by atoms with van der Waals surface area (Å²) in [6.07, 6.45) is 4.07. The van der Waals surface area contributed by atoms with E-state index in [2.05, 4.69) is 40.1 Å². The second kappa shape index (κ2) is 10.0. The Hall–Kier alpha value is -2.51. The number of likely N-dealkylation sites (N-methyl/N-ethyl adjacent to an activating group) is 1. The molecule has 2 N–H and O–H groups in total. The highest BCUT2D eigenvalue weighted by atomic mass is 35.5. The topological polar surface area (TPSA) is 66.0 Å². The Labute approximate surface area is 213 Å². The lowest BCUT2D eigenvalue weighted by Gasteiger charge is -2.15. The monoisotopic (exact) mass is 517 g/mol. The van der Waals surface area contributed by atoms with Crippen molar-refractivity contribution in [2.24, 2.45) is 7.05 Å². The zero-order chi connectivity index (χ0) is 24.6. The first kappa shape index (κ1) is 24.6. The summed E-state index contributed by atoms with van der Waals surface area (Å²) >= 11 is 18.7. The van der Waals surface area contributed by atoms with Crippen molar-refractivity contribution in [1.82, 2.24) is 19.4 Å². The van der Waals surface area contributed by atoms with E-state index in [0.717, 1.165) is 41.8 Å². The van der Waals surface area contributed by atoms with Crippen LogP contribution in [0.15, 0.2) is 35.1 Å². The molecular formula is C25H26Cl3N5O. The molecule has 0 atom stereocenters. The van der Waals surface area contributed by atoms with Crippen LogP contribution in [0.4, 0.5) is 11.6 Å². The lowest BCUT2D eigenvalue weighted by molar-refractivity contribution is 0.338. The summed E-state index contributed by atoms with van der Waals surface area (Å²) in [5.41, 5.74) is 3.57. The fraction of sp³-hybridized carbons (Fsp3) is 0.280. The third kappa shape index (κ3) is 4.56. The van der Waals surface area contributed by atoms with Crippen molar-refractivity contribution in [2.75, 3.05) is 25.0 Å². The van der Waals surface area contributed by atoms with E-state index in [1.54, 1.807) is 12.1 Å². The summed E-state index contributed by atoms with van der Waals surface area (Å²) in [6, 6.07) is 7.09. The third-order valence-corrected chi connectivity index (χ3v) is 6.92. The Balaban J connectivity index is 1.80. The zero-order valence-corrected chi connectivity index (χ0v) is 21.7. The number of fused-ring (bicyclic) bond motifs is 3. The van der Waals surface area contributed by atoms with Gasteiger partial charge in [0.1, 0.15) is 0 Å². The summed E-state index contributed by atoms with van der Waals surface area (Å²) in [5, 5.41) is 5.86. The molecule has 4 aromatic rings. The highest BCUT2D eigenvalue weighted by Gasteiger charge is 2.18. The summed E-state index contributed by atoms with van der Waals surface area (Å²) in [4.78, 5) is 23.3. The lowest BCUT2D eigenvalue weighted by atomic mass is 10.0. The van der Waals surface area contributed by atoms with E-state index in [0.29, 0.717) is 37.6 Å². The Morgan fingerprint density at radius 1 is 1.15 bits per heavy atom. The number of rotatable bonds is 7. The second-order valence-electron chi connectivity index (χ2n) is 8.10. The van der Waals surface area contributed by atoms with Crippen molar-refractivity contribution in [1.29, 1.82) is 0 Å².